The minimum Gasteiger partial charge on any atom is -0.497 e. The first-order chi connectivity index (χ1) is 14.1. The van der Waals surface area contributed by atoms with Gasteiger partial charge < -0.3 is 13.9 Å². The summed E-state index contributed by atoms with van der Waals surface area (Å²) in [6.07, 6.45) is 0. The second-order valence-electron chi connectivity index (χ2n) is 5.60. The van der Waals surface area contributed by atoms with Crippen molar-refractivity contribution in [1.29, 1.82) is 0 Å². The molecule has 2 N–H and O–H groups in total. The first-order valence-electron chi connectivity index (χ1n) is 8.43. The molecule has 150 valence electrons. The summed E-state index contributed by atoms with van der Waals surface area (Å²) in [7, 11) is 3.08. The molecule has 0 radical (unpaired) electrons. The summed E-state index contributed by atoms with van der Waals surface area (Å²) in [5.41, 5.74) is 5.73. The van der Waals surface area contributed by atoms with Gasteiger partial charge in [0.2, 0.25) is 5.91 Å². The van der Waals surface area contributed by atoms with Gasteiger partial charge in [-0.2, -0.15) is 0 Å². The van der Waals surface area contributed by atoms with E-state index < -0.39 is 11.8 Å². The van der Waals surface area contributed by atoms with Crippen molar-refractivity contribution in [3.05, 3.63) is 54.1 Å². The molecule has 2 amide bonds. The molecule has 0 fully saturated rings. The van der Waals surface area contributed by atoms with Gasteiger partial charge in [0, 0.05) is 11.6 Å². The summed E-state index contributed by atoms with van der Waals surface area (Å²) < 4.78 is 16.1. The number of carbonyl (C=O) groups is 2. The van der Waals surface area contributed by atoms with E-state index in [1.165, 1.54) is 7.11 Å². The Balaban J connectivity index is 1.54. The first-order valence-corrected chi connectivity index (χ1v) is 9.42. The van der Waals surface area contributed by atoms with Crippen LogP contribution in [0.1, 0.15) is 10.4 Å². The highest BCUT2D eigenvalue weighted by atomic mass is 32.2. The number of ether oxygens (including phenoxy) is 2. The van der Waals surface area contributed by atoms with E-state index in [1.807, 2.05) is 0 Å². The van der Waals surface area contributed by atoms with Crippen LogP contribution in [0.5, 0.6) is 11.5 Å². The van der Waals surface area contributed by atoms with Crippen LogP contribution >= 0.6 is 11.8 Å². The fraction of sp³-hybridized carbons (Fsp3) is 0.158. The zero-order valence-corrected chi connectivity index (χ0v) is 16.5. The lowest BCUT2D eigenvalue weighted by Crippen LogP contribution is -2.42. The number of benzene rings is 2. The van der Waals surface area contributed by atoms with E-state index in [9.17, 15) is 9.59 Å². The van der Waals surface area contributed by atoms with Crippen molar-refractivity contribution in [2.75, 3.05) is 20.0 Å². The van der Waals surface area contributed by atoms with E-state index in [0.717, 1.165) is 11.8 Å². The minimum absolute atomic E-state index is 0.0174. The molecule has 0 bridgehead atoms. The maximum atomic E-state index is 11.9. The Hall–Kier alpha value is -3.53. The molecule has 0 saturated heterocycles. The van der Waals surface area contributed by atoms with Crippen molar-refractivity contribution in [3.63, 3.8) is 0 Å². The number of hydrazine groups is 1. The van der Waals surface area contributed by atoms with Gasteiger partial charge in [-0.15, -0.1) is 10.2 Å². The predicted octanol–water partition coefficient (Wildman–Crippen LogP) is 2.31. The number of methoxy groups -OCH3 is 2. The Morgan fingerprint density at radius 3 is 2.55 bits per heavy atom. The summed E-state index contributed by atoms with van der Waals surface area (Å²) in [5, 5.41) is 8.11. The van der Waals surface area contributed by atoms with Gasteiger partial charge in [-0.05, 0) is 24.3 Å². The summed E-state index contributed by atoms with van der Waals surface area (Å²) >= 11 is 1.04. The van der Waals surface area contributed by atoms with E-state index in [-0.39, 0.29) is 16.9 Å². The Labute approximate surface area is 170 Å². The van der Waals surface area contributed by atoms with Crippen molar-refractivity contribution in [2.45, 2.75) is 5.22 Å². The molecule has 0 aliphatic rings. The smallest absolute Gasteiger partial charge is 0.277 e. The van der Waals surface area contributed by atoms with Crippen LogP contribution in [0.25, 0.3) is 11.5 Å². The van der Waals surface area contributed by atoms with Gasteiger partial charge in [0.1, 0.15) is 11.5 Å². The molecule has 0 aliphatic heterocycles. The highest BCUT2D eigenvalue weighted by Gasteiger charge is 2.16. The molecular formula is C19H18N4O5S. The molecule has 3 rings (SSSR count). The van der Waals surface area contributed by atoms with Crippen LogP contribution in [0.3, 0.4) is 0 Å². The number of hydrogen-bond acceptors (Lipinski definition) is 8. The van der Waals surface area contributed by atoms with E-state index in [1.54, 1.807) is 55.6 Å². The molecule has 0 saturated carbocycles. The van der Waals surface area contributed by atoms with Crippen molar-refractivity contribution in [3.8, 4) is 23.0 Å². The Morgan fingerprint density at radius 2 is 1.83 bits per heavy atom. The predicted molar refractivity (Wildman–Crippen MR) is 106 cm³/mol. The number of thioether (sulfide) groups is 1. The first kappa shape index (κ1) is 20.2. The second-order valence-corrected chi connectivity index (χ2v) is 6.52. The molecule has 29 heavy (non-hydrogen) atoms. The third-order valence-electron chi connectivity index (χ3n) is 3.72. The lowest BCUT2D eigenvalue weighted by molar-refractivity contribution is -0.119. The Morgan fingerprint density at radius 1 is 1.03 bits per heavy atom. The third-order valence-corrected chi connectivity index (χ3v) is 4.54. The van der Waals surface area contributed by atoms with Crippen LogP contribution in [-0.4, -0.2) is 42.0 Å². The van der Waals surface area contributed by atoms with Crippen LogP contribution in [0.2, 0.25) is 0 Å². The molecule has 0 unspecified atom stereocenters. The highest BCUT2D eigenvalue weighted by Crippen LogP contribution is 2.33. The summed E-state index contributed by atoms with van der Waals surface area (Å²) in [5.74, 6) is 0.567. The van der Waals surface area contributed by atoms with Crippen LogP contribution in [0, 0.1) is 0 Å². The van der Waals surface area contributed by atoms with E-state index in [2.05, 4.69) is 21.0 Å². The van der Waals surface area contributed by atoms with E-state index >= 15 is 0 Å². The van der Waals surface area contributed by atoms with Crippen LogP contribution < -0.4 is 20.3 Å². The molecule has 0 atom stereocenters. The quantitative estimate of drug-likeness (QED) is 0.447. The van der Waals surface area contributed by atoms with Crippen LogP contribution in [-0.2, 0) is 4.79 Å². The number of aromatic nitrogens is 2. The summed E-state index contributed by atoms with van der Waals surface area (Å²) in [6.45, 7) is 0. The van der Waals surface area contributed by atoms with Gasteiger partial charge in [-0.25, -0.2) is 0 Å². The lowest BCUT2D eigenvalue weighted by atomic mass is 10.2. The fourth-order valence-electron chi connectivity index (χ4n) is 2.30. The third kappa shape index (κ3) is 5.26. The number of nitrogens with one attached hydrogen (secondary N) is 2. The Bertz CT molecular complexity index is 993. The van der Waals surface area contributed by atoms with Crippen LogP contribution in [0.15, 0.2) is 58.2 Å². The van der Waals surface area contributed by atoms with Crippen molar-refractivity contribution >= 4 is 23.6 Å². The van der Waals surface area contributed by atoms with Crippen molar-refractivity contribution in [2.24, 2.45) is 0 Å². The van der Waals surface area contributed by atoms with E-state index in [4.69, 9.17) is 13.9 Å². The molecule has 3 aromatic rings. The normalized spacial score (nSPS) is 10.3. The SMILES string of the molecule is COc1ccc(-c2nnc(SCC(=O)NNC(=O)c3ccccc3)o2)c(OC)c1. The molecule has 2 aromatic carbocycles. The Kier molecular flexibility index (Phi) is 6.69. The molecule has 1 heterocycles. The average molecular weight is 414 g/mol. The number of hydrogen-bond donors (Lipinski definition) is 2. The molecule has 10 heteroatoms. The minimum atomic E-state index is -0.416. The standard InChI is InChI=1S/C19H18N4O5S/c1-26-13-8-9-14(15(10-13)27-2)18-22-23-19(28-18)29-11-16(24)20-21-17(25)12-6-4-3-5-7-12/h3-10H,11H2,1-2H3,(H,20,24)(H,21,25). The van der Waals surface area contributed by atoms with Gasteiger partial charge in [0.25, 0.3) is 17.0 Å². The molecule has 9 nitrogen and oxygen atoms in total. The maximum absolute atomic E-state index is 11.9. The second kappa shape index (κ2) is 9.60. The van der Waals surface area contributed by atoms with Gasteiger partial charge in [0.15, 0.2) is 0 Å². The van der Waals surface area contributed by atoms with Gasteiger partial charge >= 0.3 is 0 Å². The van der Waals surface area contributed by atoms with E-state index in [0.29, 0.717) is 22.6 Å². The maximum Gasteiger partial charge on any atom is 0.277 e. The topological polar surface area (TPSA) is 116 Å². The lowest BCUT2D eigenvalue weighted by Gasteiger charge is -2.07. The largest absolute Gasteiger partial charge is 0.497 e. The van der Waals surface area contributed by atoms with Crippen molar-refractivity contribution in [1.82, 2.24) is 21.0 Å². The number of carbonyl (C=O) groups excluding carboxylic acids is 2. The fourth-order valence-corrected chi connectivity index (χ4v) is 2.87. The van der Waals surface area contributed by atoms with Crippen LogP contribution in [0.4, 0.5) is 0 Å². The zero-order valence-electron chi connectivity index (χ0n) is 15.7. The molecule has 0 aliphatic carbocycles. The monoisotopic (exact) mass is 414 g/mol. The number of amides is 2. The molecule has 0 spiro atoms. The summed E-state index contributed by atoms with van der Waals surface area (Å²) in [4.78, 5) is 23.8. The zero-order chi connectivity index (χ0) is 20.6. The average Bonchev–Trinajstić information content (AvgIpc) is 3.25. The molecular weight excluding hydrogens is 396 g/mol. The summed E-state index contributed by atoms with van der Waals surface area (Å²) in [6, 6.07) is 13.7. The number of rotatable bonds is 7. The van der Waals surface area contributed by atoms with Gasteiger partial charge in [0.05, 0.1) is 25.5 Å². The van der Waals surface area contributed by atoms with Gasteiger partial charge in [-0.1, -0.05) is 30.0 Å². The molecule has 1 aromatic heterocycles. The van der Waals surface area contributed by atoms with Crippen molar-refractivity contribution < 1.29 is 23.5 Å². The number of nitrogens with zero attached hydrogens (tertiary/aromatic N) is 2. The highest BCUT2D eigenvalue weighted by molar-refractivity contribution is 7.99. The van der Waals surface area contributed by atoms with Gasteiger partial charge in [-0.3, -0.25) is 20.4 Å².